The van der Waals surface area contributed by atoms with Crippen LogP contribution in [0.25, 0.3) is 16.9 Å². The summed E-state index contributed by atoms with van der Waals surface area (Å²) in [5.74, 6) is 0. The van der Waals surface area contributed by atoms with Crippen LogP contribution in [-0.4, -0.2) is 4.70 Å². The molecule has 2 nitrogen and oxygen atoms in total. The van der Waals surface area contributed by atoms with Gasteiger partial charge in [0.2, 0.25) is 11.4 Å². The lowest BCUT2D eigenvalue weighted by Gasteiger charge is -2.15. The summed E-state index contributed by atoms with van der Waals surface area (Å²) in [6.45, 7) is 9.19. The zero-order chi connectivity index (χ0) is 43.4. The summed E-state index contributed by atoms with van der Waals surface area (Å²) >= 11 is 0. The second-order valence-electron chi connectivity index (χ2n) is 18.5. The monoisotopic (exact) mass is 831 g/mol. The van der Waals surface area contributed by atoms with E-state index in [0.29, 0.717) is 0 Å². The molecule has 0 radical (unpaired) electrons. The summed E-state index contributed by atoms with van der Waals surface area (Å²) in [5, 5.41) is 0. The third-order valence-electron chi connectivity index (χ3n) is 13.1. The van der Waals surface area contributed by atoms with Crippen molar-refractivity contribution >= 4 is 11.4 Å². The van der Waals surface area contributed by atoms with Gasteiger partial charge in [-0.2, -0.15) is 0 Å². The highest BCUT2D eigenvalue weighted by molar-refractivity contribution is 5.83. The maximum absolute atomic E-state index is 12.5. The molecule has 1 aliphatic heterocycles. The summed E-state index contributed by atoms with van der Waals surface area (Å²) in [6, 6.07) is 17.9. The average Bonchev–Trinajstić information content (AvgIpc) is 3.55. The number of rotatable bonds is 39. The molecule has 61 heavy (non-hydrogen) atoms. The first kappa shape index (κ1) is 52.3. The maximum atomic E-state index is 12.5. The molecule has 0 atom stereocenters. The fraction of sp³-hybridized carbons (Fsp3) is 0.661. The van der Waals surface area contributed by atoms with E-state index in [-0.39, 0.29) is 0 Å². The van der Waals surface area contributed by atoms with E-state index in [1.807, 2.05) is 0 Å². The average molecular weight is 831 g/mol. The molecule has 0 bridgehead atoms. The molecule has 0 amide bonds. The Hall–Kier alpha value is -3.00. The van der Waals surface area contributed by atoms with E-state index in [9.17, 15) is 5.53 Å². The van der Waals surface area contributed by atoms with Gasteiger partial charge in [0.25, 0.3) is 0 Å². The Morgan fingerprint density at radius 2 is 0.656 bits per heavy atom. The zero-order valence-electron chi connectivity index (χ0n) is 40.6. The minimum absolute atomic E-state index is 1.01. The van der Waals surface area contributed by atoms with Crippen LogP contribution in [0.15, 0.2) is 84.0 Å². The third-order valence-corrected chi connectivity index (χ3v) is 13.1. The van der Waals surface area contributed by atoms with Crippen LogP contribution in [0.3, 0.4) is 0 Å². The number of nitrogens with zero attached hydrogens (tertiary/aromatic N) is 2. The smallest absolute Gasteiger partial charge is 0.211 e. The highest BCUT2D eigenvalue weighted by Crippen LogP contribution is 2.46. The highest BCUT2D eigenvalue weighted by Gasteiger charge is 2.36. The highest BCUT2D eigenvalue weighted by atomic mass is 15.2. The Bertz CT molecular complexity index is 1550. The van der Waals surface area contributed by atoms with Crippen LogP contribution in [-0.2, 0) is 12.8 Å². The van der Waals surface area contributed by atoms with Gasteiger partial charge in [-0.25, -0.2) is 4.70 Å². The summed E-state index contributed by atoms with van der Waals surface area (Å²) in [5.41, 5.74) is 22.5. The Balaban J connectivity index is 1.61. The normalized spacial score (nSPS) is 13.3. The number of hydrogen-bond donors (Lipinski definition) is 0. The Morgan fingerprint density at radius 1 is 0.344 bits per heavy atom. The molecule has 3 rings (SSSR count). The lowest BCUT2D eigenvalue weighted by atomic mass is 9.89. The molecule has 340 valence electrons. The number of unbranched alkanes of at least 4 members (excludes halogenated alkanes) is 25. The molecule has 0 unspecified atom stereocenters. The van der Waals surface area contributed by atoms with Crippen LogP contribution in [0.5, 0.6) is 0 Å². The number of hydrogen-bond acceptors (Lipinski definition) is 0. The zero-order valence-corrected chi connectivity index (χ0v) is 40.6. The van der Waals surface area contributed by atoms with Crippen LogP contribution in [0, 0.1) is 0 Å². The molecule has 2 aromatic rings. The second-order valence-corrected chi connectivity index (χ2v) is 18.5. The standard InChI is InChI=1S/C59H94N2/c1-5-9-13-15-17-19-21-23-25-27-29-31-33-35-38-44-52-46-40-42-49-54(52)58-56(48-12-8-4)57(51-37-11-7-3)59(61(58)60)55-50-43-41-47-53(55)45-39-36-34-32-30-28-26-24-22-20-18-16-14-10-6-2/h31-34,40-43,46-47,49-50H,5-30,35-39,44-45,48,51H2,1-4H3. The summed E-state index contributed by atoms with van der Waals surface area (Å²) in [7, 11) is 0. The van der Waals surface area contributed by atoms with Crippen molar-refractivity contribution in [1.29, 1.82) is 0 Å². The molecule has 1 aliphatic rings. The molecule has 0 saturated carbocycles. The molecular weight excluding hydrogens is 737 g/mol. The molecule has 2 heteroatoms. The third kappa shape index (κ3) is 21.3. The van der Waals surface area contributed by atoms with Gasteiger partial charge in [0.1, 0.15) is 0 Å². The molecule has 1 heterocycles. The van der Waals surface area contributed by atoms with Crippen molar-refractivity contribution < 1.29 is 4.70 Å². The molecule has 0 fully saturated rings. The van der Waals surface area contributed by atoms with Crippen molar-refractivity contribution in [2.75, 3.05) is 0 Å². The minimum atomic E-state index is 1.01. The van der Waals surface area contributed by atoms with Gasteiger partial charge in [0.05, 0.1) is 0 Å². The van der Waals surface area contributed by atoms with Gasteiger partial charge in [0.15, 0.2) is 0 Å². The van der Waals surface area contributed by atoms with E-state index < -0.39 is 0 Å². The molecule has 0 spiro atoms. The Morgan fingerprint density at radius 3 is 1.05 bits per heavy atom. The topological polar surface area (TPSA) is 25.3 Å². The van der Waals surface area contributed by atoms with Gasteiger partial charge in [0, 0.05) is 22.3 Å². The van der Waals surface area contributed by atoms with Crippen LogP contribution >= 0.6 is 0 Å². The van der Waals surface area contributed by atoms with Gasteiger partial charge in [-0.3, -0.25) is 0 Å². The SMILES string of the molecule is CCCCCCCCCCCCC=CCCCc1ccccc1C1=C(CCCC)C(CCCCC)=C(c2ccccc2CCCC=CCCCCCCCCCCCC)[N+]1=[N-]. The number of benzene rings is 2. The van der Waals surface area contributed by atoms with Crippen molar-refractivity contribution in [3.63, 3.8) is 0 Å². The number of aryl methyl sites for hydroxylation is 2. The van der Waals surface area contributed by atoms with E-state index >= 15 is 0 Å². The van der Waals surface area contributed by atoms with Crippen molar-refractivity contribution in [2.24, 2.45) is 0 Å². The Kier molecular flexibility index (Phi) is 30.4. The van der Waals surface area contributed by atoms with Crippen LogP contribution in [0.4, 0.5) is 0 Å². The summed E-state index contributed by atoms with van der Waals surface area (Å²) in [4.78, 5) is 0. The van der Waals surface area contributed by atoms with Gasteiger partial charge in [-0.1, -0.05) is 223 Å². The van der Waals surface area contributed by atoms with Crippen LogP contribution in [0.2, 0.25) is 0 Å². The van der Waals surface area contributed by atoms with Crippen LogP contribution in [0.1, 0.15) is 262 Å². The van der Waals surface area contributed by atoms with E-state index in [1.165, 1.54) is 187 Å². The van der Waals surface area contributed by atoms with E-state index in [2.05, 4.69) is 101 Å². The first-order chi connectivity index (χ1) is 30.2. The fourth-order valence-corrected chi connectivity index (χ4v) is 9.38. The lowest BCUT2D eigenvalue weighted by molar-refractivity contribution is -0.345. The molecule has 0 aromatic heterocycles. The maximum Gasteiger partial charge on any atom is 0.211 e. The molecule has 2 aromatic carbocycles. The predicted molar refractivity (Wildman–Crippen MR) is 271 cm³/mol. The van der Waals surface area contributed by atoms with Crippen molar-refractivity contribution in [3.8, 4) is 0 Å². The van der Waals surface area contributed by atoms with E-state index in [4.69, 9.17) is 0 Å². The number of allylic oxidation sites excluding steroid dienone is 6. The first-order valence-electron chi connectivity index (χ1n) is 26.6. The lowest BCUT2D eigenvalue weighted by Crippen LogP contribution is -2.07. The predicted octanol–water partition coefficient (Wildman–Crippen LogP) is 20.0. The van der Waals surface area contributed by atoms with Crippen molar-refractivity contribution in [1.82, 2.24) is 0 Å². The molecule has 0 saturated heterocycles. The minimum Gasteiger partial charge on any atom is -0.493 e. The van der Waals surface area contributed by atoms with Gasteiger partial charge in [-0.15, -0.1) is 0 Å². The van der Waals surface area contributed by atoms with Gasteiger partial charge >= 0.3 is 0 Å². The van der Waals surface area contributed by atoms with E-state index in [0.717, 1.165) is 82.0 Å². The fourth-order valence-electron chi connectivity index (χ4n) is 9.38. The Labute approximate surface area is 378 Å². The van der Waals surface area contributed by atoms with Crippen LogP contribution < -0.4 is 0 Å². The van der Waals surface area contributed by atoms with Crippen molar-refractivity contribution in [3.05, 3.63) is 112 Å². The first-order valence-corrected chi connectivity index (χ1v) is 26.6. The van der Waals surface area contributed by atoms with E-state index in [1.54, 1.807) is 4.70 Å². The van der Waals surface area contributed by atoms with Gasteiger partial charge < -0.3 is 5.53 Å². The quantitative estimate of drug-likeness (QED) is 0.0364. The van der Waals surface area contributed by atoms with Gasteiger partial charge in [-0.05, 0) is 113 Å². The molecule has 0 aliphatic carbocycles. The second kappa shape index (κ2) is 35.5. The largest absolute Gasteiger partial charge is 0.493 e. The molecule has 0 N–H and O–H groups in total. The summed E-state index contributed by atoms with van der Waals surface area (Å²) < 4.78 is 1.64. The molecular formula is C59H94N2. The van der Waals surface area contributed by atoms with Crippen molar-refractivity contribution in [2.45, 2.75) is 252 Å². The summed E-state index contributed by atoms with van der Waals surface area (Å²) in [6.07, 6.45) is 54.5.